The van der Waals surface area contributed by atoms with Gasteiger partial charge in [0.05, 0.1) is 18.6 Å². The van der Waals surface area contributed by atoms with Gasteiger partial charge in [0.2, 0.25) is 5.91 Å². The molecular formula is C25H43N5O4. The Morgan fingerprint density at radius 1 is 1.09 bits per heavy atom. The van der Waals surface area contributed by atoms with Crippen molar-refractivity contribution in [3.05, 3.63) is 12.2 Å². The summed E-state index contributed by atoms with van der Waals surface area (Å²) in [4.78, 5) is 28.8. The molecule has 0 aromatic carbocycles. The Kier molecular flexibility index (Phi) is 10.7. The second-order valence-corrected chi connectivity index (χ2v) is 9.96. The normalized spacial score (nSPS) is 23.5. The van der Waals surface area contributed by atoms with E-state index in [9.17, 15) is 14.7 Å². The molecule has 2 saturated heterocycles. The molecule has 192 valence electrons. The Hall–Kier alpha value is -2.13. The lowest BCUT2D eigenvalue weighted by atomic mass is 9.97. The highest BCUT2D eigenvalue weighted by Crippen LogP contribution is 2.23. The number of aliphatic carboxylic acids is 1. The van der Waals surface area contributed by atoms with E-state index in [1.54, 1.807) is 0 Å². The maximum absolute atomic E-state index is 13.5. The highest BCUT2D eigenvalue weighted by Gasteiger charge is 2.33. The van der Waals surface area contributed by atoms with Crippen molar-refractivity contribution in [2.45, 2.75) is 88.8 Å². The van der Waals surface area contributed by atoms with Crippen LogP contribution in [0.3, 0.4) is 0 Å². The van der Waals surface area contributed by atoms with Crippen LogP contribution in [0.25, 0.3) is 0 Å². The second-order valence-electron chi connectivity index (χ2n) is 9.96. The van der Waals surface area contributed by atoms with E-state index >= 15 is 0 Å². The molecule has 0 bridgehead atoms. The molecule has 1 amide bonds. The largest absolute Gasteiger partial charge is 0.481 e. The number of likely N-dealkylation sites (tertiary alicyclic amines) is 2. The van der Waals surface area contributed by atoms with Gasteiger partial charge in [0, 0.05) is 32.3 Å². The van der Waals surface area contributed by atoms with Gasteiger partial charge < -0.3 is 30.7 Å². The number of hydrogen-bond donors (Lipinski definition) is 4. The topological polar surface area (TPSA) is 132 Å². The number of carboxylic acid groups (broad SMARTS) is 1. The van der Waals surface area contributed by atoms with E-state index in [0.29, 0.717) is 25.6 Å². The monoisotopic (exact) mass is 477 g/mol. The first-order valence-electron chi connectivity index (χ1n) is 13.0. The van der Waals surface area contributed by atoms with Crippen molar-refractivity contribution in [3.8, 4) is 0 Å². The Bertz CT molecular complexity index is 697. The summed E-state index contributed by atoms with van der Waals surface area (Å²) in [6.07, 6.45) is 14.1. The minimum Gasteiger partial charge on any atom is -0.481 e. The third-order valence-electron chi connectivity index (χ3n) is 7.48. The number of carbonyl (C=O) groups excluding carboxylic acids is 1. The molecule has 2 unspecified atom stereocenters. The number of carboxylic acids is 1. The summed E-state index contributed by atoms with van der Waals surface area (Å²) in [7, 11) is 0. The number of piperidine rings is 2. The van der Waals surface area contributed by atoms with Crippen molar-refractivity contribution in [2.75, 3.05) is 32.8 Å². The highest BCUT2D eigenvalue weighted by atomic mass is 16.5. The van der Waals surface area contributed by atoms with Gasteiger partial charge >= 0.3 is 5.97 Å². The van der Waals surface area contributed by atoms with Gasteiger partial charge in [-0.1, -0.05) is 12.2 Å². The molecule has 9 nitrogen and oxygen atoms in total. The molecule has 1 aliphatic carbocycles. The van der Waals surface area contributed by atoms with Crippen LogP contribution in [-0.2, 0) is 14.3 Å². The summed E-state index contributed by atoms with van der Waals surface area (Å²) in [5.74, 6) is -0.426. The van der Waals surface area contributed by atoms with Gasteiger partial charge in [-0.05, 0) is 76.7 Å². The van der Waals surface area contributed by atoms with E-state index in [4.69, 9.17) is 15.9 Å². The van der Waals surface area contributed by atoms with Crippen LogP contribution in [0.15, 0.2) is 12.2 Å². The maximum Gasteiger partial charge on any atom is 0.305 e. The zero-order valence-corrected chi connectivity index (χ0v) is 20.4. The van der Waals surface area contributed by atoms with Crippen LogP contribution >= 0.6 is 0 Å². The fourth-order valence-corrected chi connectivity index (χ4v) is 5.40. The van der Waals surface area contributed by atoms with Crippen LogP contribution < -0.4 is 11.1 Å². The lowest BCUT2D eigenvalue weighted by molar-refractivity contribution is -0.144. The van der Waals surface area contributed by atoms with E-state index in [1.165, 1.54) is 0 Å². The molecule has 2 atom stereocenters. The summed E-state index contributed by atoms with van der Waals surface area (Å²) < 4.78 is 6.11. The van der Waals surface area contributed by atoms with Crippen molar-refractivity contribution in [1.82, 2.24) is 15.1 Å². The second kappa shape index (κ2) is 13.7. The van der Waals surface area contributed by atoms with E-state index in [0.717, 1.165) is 77.3 Å². The van der Waals surface area contributed by atoms with Gasteiger partial charge in [-0.2, -0.15) is 0 Å². The molecule has 34 heavy (non-hydrogen) atoms. The third kappa shape index (κ3) is 8.27. The number of amides is 1. The smallest absolute Gasteiger partial charge is 0.305 e. The minimum atomic E-state index is -0.942. The van der Waals surface area contributed by atoms with E-state index in [2.05, 4.69) is 17.5 Å². The first-order valence-corrected chi connectivity index (χ1v) is 13.0. The maximum atomic E-state index is 13.5. The number of ether oxygens (including phenoxy) is 1. The first-order chi connectivity index (χ1) is 16.4. The van der Waals surface area contributed by atoms with E-state index < -0.39 is 12.0 Å². The Morgan fingerprint density at radius 3 is 2.44 bits per heavy atom. The third-order valence-corrected chi connectivity index (χ3v) is 7.48. The number of rotatable bonds is 10. The van der Waals surface area contributed by atoms with E-state index in [1.807, 2.05) is 9.80 Å². The molecule has 0 spiro atoms. The SMILES string of the molecule is N=C(N)N1CCC(OCCC2CCCCN2C(=O)C(CC(=O)O)NCC2CCC=CCC2)CC1. The lowest BCUT2D eigenvalue weighted by Crippen LogP contribution is -2.53. The number of allylic oxidation sites excluding steroid dienone is 2. The Balaban J connectivity index is 1.49. The molecule has 2 fully saturated rings. The van der Waals surface area contributed by atoms with Crippen molar-refractivity contribution in [1.29, 1.82) is 5.41 Å². The number of nitrogens with zero attached hydrogens (tertiary/aromatic N) is 2. The quantitative estimate of drug-likeness (QED) is 0.216. The van der Waals surface area contributed by atoms with Gasteiger partial charge in [-0.3, -0.25) is 15.0 Å². The summed E-state index contributed by atoms with van der Waals surface area (Å²) in [6, 6.07) is -0.579. The molecule has 0 aromatic rings. The van der Waals surface area contributed by atoms with Crippen LogP contribution in [0.1, 0.15) is 70.6 Å². The number of hydrogen-bond acceptors (Lipinski definition) is 5. The van der Waals surface area contributed by atoms with Gasteiger partial charge in [-0.25, -0.2) is 0 Å². The summed E-state index contributed by atoms with van der Waals surface area (Å²) >= 11 is 0. The van der Waals surface area contributed by atoms with Crippen LogP contribution in [-0.4, -0.2) is 83.7 Å². The fraction of sp³-hybridized carbons (Fsp3) is 0.800. The van der Waals surface area contributed by atoms with Crippen molar-refractivity contribution in [3.63, 3.8) is 0 Å². The van der Waals surface area contributed by atoms with E-state index in [-0.39, 0.29) is 30.4 Å². The zero-order valence-electron chi connectivity index (χ0n) is 20.4. The van der Waals surface area contributed by atoms with Crippen LogP contribution in [0.2, 0.25) is 0 Å². The van der Waals surface area contributed by atoms with Crippen LogP contribution in [0, 0.1) is 11.3 Å². The van der Waals surface area contributed by atoms with Gasteiger partial charge in [0.25, 0.3) is 0 Å². The number of nitrogens with two attached hydrogens (primary N) is 1. The molecule has 0 aromatic heterocycles. The number of carbonyl (C=O) groups is 2. The molecular weight excluding hydrogens is 434 g/mol. The fourth-order valence-electron chi connectivity index (χ4n) is 5.40. The summed E-state index contributed by atoms with van der Waals surface area (Å²) in [6.45, 7) is 3.45. The van der Waals surface area contributed by atoms with Gasteiger partial charge in [0.1, 0.15) is 0 Å². The summed E-state index contributed by atoms with van der Waals surface area (Å²) in [5.41, 5.74) is 5.57. The summed E-state index contributed by atoms with van der Waals surface area (Å²) in [5, 5.41) is 20.3. The molecule has 2 aliphatic heterocycles. The van der Waals surface area contributed by atoms with Crippen molar-refractivity contribution < 1.29 is 19.4 Å². The molecule has 3 rings (SSSR count). The zero-order chi connectivity index (χ0) is 24.3. The average Bonchev–Trinajstić information content (AvgIpc) is 3.11. The molecule has 3 aliphatic rings. The lowest BCUT2D eigenvalue weighted by Gasteiger charge is -2.38. The highest BCUT2D eigenvalue weighted by molar-refractivity contribution is 5.86. The standard InChI is InChI=1S/C25H43N5O4/c26-25(27)29-14-10-21(11-15-29)34-16-12-20-9-5-6-13-30(20)24(33)22(17-23(31)32)28-18-19-7-3-1-2-4-8-19/h1-2,19-22,28H,3-18H2,(H3,26,27)(H,31,32). The molecule has 0 saturated carbocycles. The molecule has 9 heteroatoms. The Labute approximate surface area is 203 Å². The molecule has 5 N–H and O–H groups in total. The Morgan fingerprint density at radius 2 is 1.79 bits per heavy atom. The number of guanidine groups is 1. The van der Waals surface area contributed by atoms with Crippen LogP contribution in [0.5, 0.6) is 0 Å². The number of nitrogens with one attached hydrogen (secondary N) is 2. The van der Waals surface area contributed by atoms with Crippen molar-refractivity contribution >= 4 is 17.8 Å². The van der Waals surface area contributed by atoms with Gasteiger partial charge in [-0.15, -0.1) is 0 Å². The van der Waals surface area contributed by atoms with Crippen molar-refractivity contribution in [2.24, 2.45) is 11.7 Å². The minimum absolute atomic E-state index is 0.0754. The molecule has 2 heterocycles. The predicted molar refractivity (Wildman–Crippen MR) is 132 cm³/mol. The van der Waals surface area contributed by atoms with Gasteiger partial charge in [0.15, 0.2) is 5.96 Å². The van der Waals surface area contributed by atoms with Crippen LogP contribution in [0.4, 0.5) is 0 Å². The predicted octanol–water partition coefficient (Wildman–Crippen LogP) is 2.31. The molecule has 0 radical (unpaired) electrons. The average molecular weight is 478 g/mol. The first kappa shape index (κ1) is 26.5.